The Labute approximate surface area is 173 Å². The Morgan fingerprint density at radius 1 is 0.900 bits per heavy atom. The van der Waals surface area contributed by atoms with Crippen molar-refractivity contribution >= 4 is 11.6 Å². The number of carbonyl (C=O) groups excluding carboxylic acids is 1. The van der Waals surface area contributed by atoms with E-state index in [1.54, 1.807) is 18.5 Å². The van der Waals surface area contributed by atoms with E-state index in [2.05, 4.69) is 15.3 Å². The minimum absolute atomic E-state index is 0.193. The molecule has 3 aromatic heterocycles. The van der Waals surface area contributed by atoms with Crippen molar-refractivity contribution in [3.05, 3.63) is 84.6 Å². The van der Waals surface area contributed by atoms with Crippen molar-refractivity contribution in [2.75, 3.05) is 5.32 Å². The van der Waals surface area contributed by atoms with Gasteiger partial charge in [0.05, 0.1) is 17.1 Å². The van der Waals surface area contributed by atoms with Gasteiger partial charge in [-0.25, -0.2) is 9.37 Å². The Balaban J connectivity index is 1.77. The molecular weight excluding hydrogens is 379 g/mol. The highest BCUT2D eigenvalue weighted by atomic mass is 19.1. The molecule has 5 nitrogen and oxygen atoms in total. The smallest absolute Gasteiger partial charge is 0.221 e. The molecule has 148 valence electrons. The van der Waals surface area contributed by atoms with E-state index in [0.29, 0.717) is 17.1 Å². The zero-order valence-electron chi connectivity index (χ0n) is 16.6. The molecule has 1 amide bonds. The summed E-state index contributed by atoms with van der Waals surface area (Å²) in [7, 11) is 0. The summed E-state index contributed by atoms with van der Waals surface area (Å²) in [6, 6.07) is 17.5. The molecule has 3 heterocycles. The molecule has 0 saturated heterocycles. The highest BCUT2D eigenvalue weighted by Crippen LogP contribution is 2.30. The van der Waals surface area contributed by atoms with Gasteiger partial charge in [0.1, 0.15) is 11.5 Å². The molecule has 0 radical (unpaired) electrons. The number of benzene rings is 1. The normalized spacial score (nSPS) is 10.6. The largest absolute Gasteiger partial charge is 0.324 e. The zero-order valence-corrected chi connectivity index (χ0v) is 16.6. The number of carbonyl (C=O) groups is 1. The van der Waals surface area contributed by atoms with E-state index in [-0.39, 0.29) is 11.7 Å². The molecule has 0 fully saturated rings. The Morgan fingerprint density at radius 3 is 2.43 bits per heavy atom. The first-order chi connectivity index (χ1) is 14.5. The Hall–Kier alpha value is -3.93. The van der Waals surface area contributed by atoms with Gasteiger partial charge in [0.25, 0.3) is 0 Å². The lowest BCUT2D eigenvalue weighted by atomic mass is 10.1. The predicted molar refractivity (Wildman–Crippen MR) is 115 cm³/mol. The van der Waals surface area contributed by atoms with Crippen molar-refractivity contribution in [2.45, 2.75) is 13.8 Å². The van der Waals surface area contributed by atoms with Crippen LogP contribution in [0.5, 0.6) is 0 Å². The van der Waals surface area contributed by atoms with Crippen molar-refractivity contribution in [1.82, 2.24) is 15.0 Å². The lowest BCUT2D eigenvalue weighted by Gasteiger charge is -2.12. The van der Waals surface area contributed by atoms with Gasteiger partial charge in [-0.05, 0) is 55.0 Å². The SMILES string of the molecule is CC(=O)Nc1ccc(-c2ccnc(C)c2)nc1-c1ccc(-c2cccc(F)c2)cn1. The number of nitrogens with zero attached hydrogens (tertiary/aromatic N) is 3. The van der Waals surface area contributed by atoms with E-state index in [1.807, 2.05) is 49.4 Å². The van der Waals surface area contributed by atoms with Crippen LogP contribution in [0.25, 0.3) is 33.8 Å². The number of amides is 1. The number of anilines is 1. The average molecular weight is 398 g/mol. The van der Waals surface area contributed by atoms with E-state index in [0.717, 1.165) is 28.1 Å². The first-order valence-corrected chi connectivity index (χ1v) is 9.43. The van der Waals surface area contributed by atoms with Crippen molar-refractivity contribution in [3.8, 4) is 33.8 Å². The van der Waals surface area contributed by atoms with Crippen LogP contribution in [0.2, 0.25) is 0 Å². The molecule has 0 aliphatic carbocycles. The number of nitrogens with one attached hydrogen (secondary N) is 1. The summed E-state index contributed by atoms with van der Waals surface area (Å²) in [6.45, 7) is 3.37. The van der Waals surface area contributed by atoms with Gasteiger partial charge in [-0.3, -0.25) is 14.8 Å². The van der Waals surface area contributed by atoms with Crippen LogP contribution in [0.15, 0.2) is 73.1 Å². The summed E-state index contributed by atoms with van der Waals surface area (Å²) >= 11 is 0. The number of pyridine rings is 3. The number of rotatable bonds is 4. The monoisotopic (exact) mass is 398 g/mol. The fraction of sp³-hybridized carbons (Fsp3) is 0.0833. The minimum Gasteiger partial charge on any atom is -0.324 e. The van der Waals surface area contributed by atoms with E-state index in [4.69, 9.17) is 4.98 Å². The van der Waals surface area contributed by atoms with Crippen LogP contribution in [0, 0.1) is 12.7 Å². The van der Waals surface area contributed by atoms with Crippen molar-refractivity contribution in [3.63, 3.8) is 0 Å². The zero-order chi connectivity index (χ0) is 21.1. The lowest BCUT2D eigenvalue weighted by Crippen LogP contribution is -2.08. The van der Waals surface area contributed by atoms with Crippen molar-refractivity contribution < 1.29 is 9.18 Å². The second kappa shape index (κ2) is 8.21. The maximum atomic E-state index is 13.5. The topological polar surface area (TPSA) is 67.8 Å². The molecule has 0 atom stereocenters. The molecule has 0 aliphatic heterocycles. The third kappa shape index (κ3) is 4.22. The van der Waals surface area contributed by atoms with Gasteiger partial charge < -0.3 is 5.32 Å². The molecule has 6 heteroatoms. The minimum atomic E-state index is -0.300. The van der Waals surface area contributed by atoms with Crippen LogP contribution >= 0.6 is 0 Å². The number of hydrogen-bond donors (Lipinski definition) is 1. The first-order valence-electron chi connectivity index (χ1n) is 9.43. The molecule has 1 N–H and O–H groups in total. The van der Waals surface area contributed by atoms with Gasteiger partial charge in [-0.2, -0.15) is 0 Å². The molecule has 0 unspecified atom stereocenters. The van der Waals surface area contributed by atoms with Crippen LogP contribution in [0.1, 0.15) is 12.6 Å². The lowest BCUT2D eigenvalue weighted by molar-refractivity contribution is -0.114. The molecule has 30 heavy (non-hydrogen) atoms. The van der Waals surface area contributed by atoms with Gasteiger partial charge in [0.15, 0.2) is 0 Å². The van der Waals surface area contributed by atoms with Gasteiger partial charge in [-0.1, -0.05) is 18.2 Å². The number of aromatic nitrogens is 3. The Morgan fingerprint density at radius 2 is 1.73 bits per heavy atom. The Bertz CT molecular complexity index is 1220. The third-order valence-corrected chi connectivity index (χ3v) is 4.56. The predicted octanol–water partition coefficient (Wildman–Crippen LogP) is 5.28. The number of halogens is 1. The van der Waals surface area contributed by atoms with Gasteiger partial charge >= 0.3 is 0 Å². The van der Waals surface area contributed by atoms with Gasteiger partial charge in [-0.15, -0.1) is 0 Å². The summed E-state index contributed by atoms with van der Waals surface area (Å²) in [5.74, 6) is -0.492. The molecule has 1 aromatic carbocycles. The second-order valence-corrected chi connectivity index (χ2v) is 6.90. The van der Waals surface area contributed by atoms with Crippen molar-refractivity contribution in [1.29, 1.82) is 0 Å². The van der Waals surface area contributed by atoms with E-state index in [9.17, 15) is 9.18 Å². The standard InChI is InChI=1S/C24H19FN4O/c1-15-12-18(10-11-26-15)21-8-9-23(28-16(2)30)24(29-21)22-7-6-19(14-27-22)17-4-3-5-20(25)13-17/h3-14H,1-2H3,(H,28,30). The summed E-state index contributed by atoms with van der Waals surface area (Å²) < 4.78 is 13.5. The number of aryl methyl sites for hydroxylation is 1. The summed E-state index contributed by atoms with van der Waals surface area (Å²) in [5.41, 5.74) is 5.83. The van der Waals surface area contributed by atoms with Crippen LogP contribution in [0.3, 0.4) is 0 Å². The molecule has 4 aromatic rings. The fourth-order valence-electron chi connectivity index (χ4n) is 3.18. The molecule has 0 saturated carbocycles. The van der Waals surface area contributed by atoms with Crippen LogP contribution in [-0.4, -0.2) is 20.9 Å². The quantitative estimate of drug-likeness (QED) is 0.508. The van der Waals surface area contributed by atoms with Crippen LogP contribution in [-0.2, 0) is 4.79 Å². The molecule has 0 bridgehead atoms. The van der Waals surface area contributed by atoms with Crippen LogP contribution in [0.4, 0.5) is 10.1 Å². The summed E-state index contributed by atoms with van der Waals surface area (Å²) in [4.78, 5) is 25.2. The van der Waals surface area contributed by atoms with Crippen molar-refractivity contribution in [2.24, 2.45) is 0 Å². The molecular formula is C24H19FN4O. The van der Waals surface area contributed by atoms with Gasteiger partial charge in [0.2, 0.25) is 5.91 Å². The van der Waals surface area contributed by atoms with E-state index in [1.165, 1.54) is 19.1 Å². The fourth-order valence-corrected chi connectivity index (χ4v) is 3.18. The van der Waals surface area contributed by atoms with Gasteiger partial charge in [0, 0.05) is 36.1 Å². The van der Waals surface area contributed by atoms with Crippen LogP contribution < -0.4 is 5.32 Å². The molecule has 4 rings (SSSR count). The van der Waals surface area contributed by atoms with E-state index >= 15 is 0 Å². The summed E-state index contributed by atoms with van der Waals surface area (Å²) in [6.07, 6.45) is 3.41. The van der Waals surface area contributed by atoms with E-state index < -0.39 is 0 Å². The first kappa shape index (κ1) is 19.4. The third-order valence-electron chi connectivity index (χ3n) is 4.56. The second-order valence-electron chi connectivity index (χ2n) is 6.90. The highest BCUT2D eigenvalue weighted by molar-refractivity contribution is 5.93. The maximum absolute atomic E-state index is 13.5. The number of hydrogen-bond acceptors (Lipinski definition) is 4. The molecule has 0 aliphatic rings. The molecule has 0 spiro atoms. The maximum Gasteiger partial charge on any atom is 0.221 e. The Kier molecular flexibility index (Phi) is 5.30. The average Bonchev–Trinajstić information content (AvgIpc) is 2.74. The highest BCUT2D eigenvalue weighted by Gasteiger charge is 2.13. The summed E-state index contributed by atoms with van der Waals surface area (Å²) in [5, 5.41) is 2.81.